The molecular weight excluding hydrogens is 290 g/mol. The number of hydrogen-bond donors (Lipinski definition) is 1. The van der Waals surface area contributed by atoms with Crippen LogP contribution in [0.25, 0.3) is 11.3 Å². The average Bonchev–Trinajstić information content (AvgIpc) is 2.98. The van der Waals surface area contributed by atoms with Crippen LogP contribution in [0.1, 0.15) is 21.5 Å². The lowest BCUT2D eigenvalue weighted by Crippen LogP contribution is -2.12. The Bertz CT molecular complexity index is 875. The summed E-state index contributed by atoms with van der Waals surface area (Å²) in [6, 6.07) is 18.4. The minimum Gasteiger partial charge on any atom is -0.336 e. The zero-order chi connectivity index (χ0) is 16.2. The van der Waals surface area contributed by atoms with Crippen LogP contribution in [0.5, 0.6) is 0 Å². The lowest BCUT2D eigenvalue weighted by Gasteiger charge is -2.02. The molecule has 0 saturated heterocycles. The second-order valence-corrected chi connectivity index (χ2v) is 5.03. The van der Waals surface area contributed by atoms with Crippen molar-refractivity contribution in [1.82, 2.24) is 5.16 Å². The Morgan fingerprint density at radius 2 is 1.83 bits per heavy atom. The molecule has 5 heteroatoms. The van der Waals surface area contributed by atoms with Crippen LogP contribution in [0.3, 0.4) is 0 Å². The first-order valence-electron chi connectivity index (χ1n) is 7.02. The van der Waals surface area contributed by atoms with Gasteiger partial charge in [-0.25, -0.2) is 0 Å². The second-order valence-electron chi connectivity index (χ2n) is 5.03. The normalized spacial score (nSPS) is 10.1. The Labute approximate surface area is 133 Å². The predicted molar refractivity (Wildman–Crippen MR) is 85.8 cm³/mol. The van der Waals surface area contributed by atoms with Crippen molar-refractivity contribution in [3.05, 3.63) is 71.3 Å². The summed E-state index contributed by atoms with van der Waals surface area (Å²) in [6.45, 7) is 1.94. The summed E-state index contributed by atoms with van der Waals surface area (Å²) in [4.78, 5) is 12.2. The number of benzene rings is 2. The van der Waals surface area contributed by atoms with E-state index in [0.29, 0.717) is 11.3 Å². The molecule has 3 rings (SSSR count). The summed E-state index contributed by atoms with van der Waals surface area (Å²) in [5, 5.41) is 15.9. The lowest BCUT2D eigenvalue weighted by molar-refractivity contribution is 0.102. The quantitative estimate of drug-likeness (QED) is 0.798. The predicted octanol–water partition coefficient (Wildman–Crippen LogP) is 3.77. The molecule has 1 N–H and O–H groups in total. The number of nitrogens with zero attached hydrogens (tertiary/aromatic N) is 2. The third-order valence-corrected chi connectivity index (χ3v) is 3.39. The molecule has 0 aliphatic rings. The third-order valence-electron chi connectivity index (χ3n) is 3.39. The highest BCUT2D eigenvalue weighted by Crippen LogP contribution is 2.28. The van der Waals surface area contributed by atoms with Crippen molar-refractivity contribution in [3.63, 3.8) is 0 Å². The van der Waals surface area contributed by atoms with Gasteiger partial charge in [-0.2, -0.15) is 5.26 Å². The fraction of sp³-hybridized carbons (Fsp3) is 0.0556. The van der Waals surface area contributed by atoms with E-state index in [9.17, 15) is 10.1 Å². The molecule has 3 aromatic rings. The number of amides is 1. The smallest absolute Gasteiger partial charge is 0.258 e. The van der Waals surface area contributed by atoms with E-state index in [1.165, 1.54) is 0 Å². The minimum atomic E-state index is -0.350. The van der Waals surface area contributed by atoms with E-state index in [2.05, 4.69) is 10.5 Å². The number of carbonyl (C=O) groups excluding carboxylic acids is 1. The van der Waals surface area contributed by atoms with Gasteiger partial charge in [0.15, 0.2) is 0 Å². The summed E-state index contributed by atoms with van der Waals surface area (Å²) in [5.74, 6) is -0.297. The molecular formula is C18H13N3O2. The molecule has 0 aliphatic heterocycles. The SMILES string of the molecule is Cc1ccc(C(=O)Nc2onc(-c3ccccc3)c2C#N)cc1. The number of nitriles is 1. The zero-order valence-electron chi connectivity index (χ0n) is 12.4. The molecule has 0 saturated carbocycles. The average molecular weight is 303 g/mol. The number of anilines is 1. The molecule has 0 bridgehead atoms. The van der Waals surface area contributed by atoms with E-state index < -0.39 is 0 Å². The highest BCUT2D eigenvalue weighted by atomic mass is 16.5. The van der Waals surface area contributed by atoms with Crippen LogP contribution < -0.4 is 5.32 Å². The summed E-state index contributed by atoms with van der Waals surface area (Å²) >= 11 is 0. The molecule has 23 heavy (non-hydrogen) atoms. The summed E-state index contributed by atoms with van der Waals surface area (Å²) < 4.78 is 5.15. The van der Waals surface area contributed by atoms with Crippen molar-refractivity contribution >= 4 is 11.8 Å². The molecule has 5 nitrogen and oxygen atoms in total. The Balaban J connectivity index is 1.90. The number of hydrogen-bond acceptors (Lipinski definition) is 4. The molecule has 1 heterocycles. The Morgan fingerprint density at radius 3 is 2.48 bits per heavy atom. The standard InChI is InChI=1S/C18H13N3O2/c1-12-7-9-14(10-8-12)17(22)20-18-15(11-19)16(21-23-18)13-5-3-2-4-6-13/h2-10H,1H3,(H,20,22). The molecule has 1 amide bonds. The van der Waals surface area contributed by atoms with Gasteiger partial charge in [-0.05, 0) is 19.1 Å². The third kappa shape index (κ3) is 2.97. The van der Waals surface area contributed by atoms with Crippen molar-refractivity contribution in [3.8, 4) is 17.3 Å². The Hall–Kier alpha value is -3.39. The van der Waals surface area contributed by atoms with Gasteiger partial charge in [-0.15, -0.1) is 0 Å². The summed E-state index contributed by atoms with van der Waals surface area (Å²) in [7, 11) is 0. The molecule has 1 aromatic heterocycles. The maximum atomic E-state index is 12.2. The van der Waals surface area contributed by atoms with Crippen LogP contribution in [0.4, 0.5) is 5.88 Å². The largest absolute Gasteiger partial charge is 0.336 e. The van der Waals surface area contributed by atoms with Crippen molar-refractivity contribution < 1.29 is 9.32 Å². The second kappa shape index (κ2) is 6.16. The lowest BCUT2D eigenvalue weighted by atomic mass is 10.1. The van der Waals surface area contributed by atoms with E-state index >= 15 is 0 Å². The van der Waals surface area contributed by atoms with Gasteiger partial charge in [0.25, 0.3) is 5.91 Å². The highest BCUT2D eigenvalue weighted by Gasteiger charge is 2.19. The highest BCUT2D eigenvalue weighted by molar-refractivity contribution is 6.04. The monoisotopic (exact) mass is 303 g/mol. The van der Waals surface area contributed by atoms with Gasteiger partial charge in [-0.3, -0.25) is 10.1 Å². The maximum Gasteiger partial charge on any atom is 0.258 e. The topological polar surface area (TPSA) is 78.9 Å². The zero-order valence-corrected chi connectivity index (χ0v) is 12.4. The Kier molecular flexibility index (Phi) is 3.89. The van der Waals surface area contributed by atoms with Gasteiger partial charge >= 0.3 is 0 Å². The van der Waals surface area contributed by atoms with Crippen molar-refractivity contribution in [2.45, 2.75) is 6.92 Å². The van der Waals surface area contributed by atoms with Gasteiger partial charge in [0.1, 0.15) is 17.3 Å². The van der Waals surface area contributed by atoms with E-state index in [1.54, 1.807) is 12.1 Å². The summed E-state index contributed by atoms with van der Waals surface area (Å²) in [6.07, 6.45) is 0. The molecule has 0 spiro atoms. The van der Waals surface area contributed by atoms with Crippen molar-refractivity contribution in [1.29, 1.82) is 5.26 Å². The maximum absolute atomic E-state index is 12.2. The first kappa shape index (κ1) is 14.5. The van der Waals surface area contributed by atoms with Gasteiger partial charge in [0.05, 0.1) is 0 Å². The number of aryl methyl sites for hydroxylation is 1. The van der Waals surface area contributed by atoms with Crippen molar-refractivity contribution in [2.24, 2.45) is 0 Å². The molecule has 0 aliphatic carbocycles. The van der Waals surface area contributed by atoms with Gasteiger partial charge < -0.3 is 4.52 Å². The van der Waals surface area contributed by atoms with Crippen LogP contribution in [0.15, 0.2) is 59.1 Å². The van der Waals surface area contributed by atoms with Gasteiger partial charge in [0, 0.05) is 11.1 Å². The molecule has 112 valence electrons. The Morgan fingerprint density at radius 1 is 1.13 bits per heavy atom. The molecule has 0 unspecified atom stereocenters. The summed E-state index contributed by atoms with van der Waals surface area (Å²) in [5.41, 5.74) is 2.91. The van der Waals surface area contributed by atoms with Crippen molar-refractivity contribution in [2.75, 3.05) is 5.32 Å². The van der Waals surface area contributed by atoms with Gasteiger partial charge in [-0.1, -0.05) is 53.2 Å². The van der Waals surface area contributed by atoms with Crippen LogP contribution in [0.2, 0.25) is 0 Å². The molecule has 2 aromatic carbocycles. The fourth-order valence-corrected chi connectivity index (χ4v) is 2.15. The van der Waals surface area contributed by atoms with E-state index in [-0.39, 0.29) is 17.4 Å². The molecule has 0 atom stereocenters. The van der Waals surface area contributed by atoms with E-state index in [4.69, 9.17) is 4.52 Å². The first-order chi connectivity index (χ1) is 11.2. The van der Waals surface area contributed by atoms with Gasteiger partial charge in [0.2, 0.25) is 5.88 Å². The van der Waals surface area contributed by atoms with Crippen LogP contribution in [0, 0.1) is 18.3 Å². The van der Waals surface area contributed by atoms with Crippen LogP contribution in [-0.2, 0) is 0 Å². The minimum absolute atomic E-state index is 0.0527. The fourth-order valence-electron chi connectivity index (χ4n) is 2.15. The van der Waals surface area contributed by atoms with E-state index in [0.717, 1.165) is 11.1 Å². The van der Waals surface area contributed by atoms with Crippen LogP contribution in [-0.4, -0.2) is 11.1 Å². The first-order valence-corrected chi connectivity index (χ1v) is 7.02. The number of carbonyl (C=O) groups is 1. The number of aromatic nitrogens is 1. The number of nitrogens with one attached hydrogen (secondary N) is 1. The molecule has 0 radical (unpaired) electrons. The van der Waals surface area contributed by atoms with Crippen LogP contribution >= 0.6 is 0 Å². The van der Waals surface area contributed by atoms with E-state index in [1.807, 2.05) is 55.5 Å². The number of rotatable bonds is 3. The molecule has 0 fully saturated rings.